The van der Waals surface area contributed by atoms with Gasteiger partial charge in [-0.2, -0.15) is 0 Å². The number of esters is 2. The maximum Gasteiger partial charge on any atom is 0.309 e. The number of carbonyl (C=O) groups excluding carboxylic acids is 2. The van der Waals surface area contributed by atoms with Gasteiger partial charge in [0.05, 0.1) is 23.0 Å². The van der Waals surface area contributed by atoms with E-state index in [1.807, 2.05) is 27.7 Å². The molecule has 200 valence electrons. The Labute approximate surface area is 215 Å². The van der Waals surface area contributed by atoms with Gasteiger partial charge in [0.2, 0.25) is 0 Å². The maximum atomic E-state index is 11.8. The highest BCUT2D eigenvalue weighted by molar-refractivity contribution is 5.75. The summed E-state index contributed by atoms with van der Waals surface area (Å²) >= 11 is 0. The van der Waals surface area contributed by atoms with Crippen LogP contribution in [0, 0.1) is 35.5 Å². The molecule has 0 unspecified atom stereocenters. The summed E-state index contributed by atoms with van der Waals surface area (Å²) in [7, 11) is 0. The van der Waals surface area contributed by atoms with Gasteiger partial charge in [0.1, 0.15) is 12.2 Å². The summed E-state index contributed by atoms with van der Waals surface area (Å²) in [5, 5.41) is 21.3. The van der Waals surface area contributed by atoms with Crippen molar-refractivity contribution in [3.8, 4) is 0 Å². The first-order chi connectivity index (χ1) is 16.8. The van der Waals surface area contributed by atoms with Crippen molar-refractivity contribution < 1.29 is 29.3 Å². The van der Waals surface area contributed by atoms with Crippen LogP contribution < -0.4 is 0 Å². The number of carbonyl (C=O) groups is 2. The van der Waals surface area contributed by atoms with Crippen LogP contribution >= 0.6 is 0 Å². The summed E-state index contributed by atoms with van der Waals surface area (Å²) in [6.45, 7) is 12.1. The van der Waals surface area contributed by atoms with E-state index >= 15 is 0 Å². The van der Waals surface area contributed by atoms with Gasteiger partial charge in [0.25, 0.3) is 0 Å². The van der Waals surface area contributed by atoms with Crippen molar-refractivity contribution in [2.45, 2.75) is 116 Å². The third-order valence-corrected chi connectivity index (χ3v) is 10.7. The zero-order valence-corrected chi connectivity index (χ0v) is 22.8. The molecule has 2 saturated heterocycles. The Morgan fingerprint density at radius 2 is 1.06 bits per heavy atom. The predicted molar refractivity (Wildman–Crippen MR) is 136 cm³/mol. The van der Waals surface area contributed by atoms with E-state index in [4.69, 9.17) is 9.47 Å². The quantitative estimate of drug-likeness (QED) is 0.364. The second-order valence-corrected chi connectivity index (χ2v) is 13.1. The molecule has 36 heavy (non-hydrogen) atoms. The fraction of sp³-hybridized carbons (Fsp3) is 0.800. The van der Waals surface area contributed by atoms with Crippen LogP contribution in [-0.2, 0) is 19.1 Å². The molecular formula is C30H44O6. The Hall–Kier alpha value is -1.66. The van der Waals surface area contributed by atoms with E-state index in [1.54, 1.807) is 0 Å². The monoisotopic (exact) mass is 500 g/mol. The average Bonchev–Trinajstić information content (AvgIpc) is 3.41. The Morgan fingerprint density at radius 3 is 1.42 bits per heavy atom. The average molecular weight is 501 g/mol. The number of allylic oxidation sites excluding steroid dienone is 2. The van der Waals surface area contributed by atoms with Gasteiger partial charge in [-0.3, -0.25) is 9.59 Å². The maximum absolute atomic E-state index is 11.8. The SMILES string of the molecule is CC1=C2CC[C@@](C)(O)[C@@H]2[C@H]2OC(=O)[C@@H](C)[C@@H]2CC1.CC1=C2CC[C@@](C)(O)[C@@H]2[C@H]2OC(=O)[C@@H](C)[C@@H]2CC1. The first-order valence-electron chi connectivity index (χ1n) is 14.1. The van der Waals surface area contributed by atoms with E-state index < -0.39 is 11.2 Å². The van der Waals surface area contributed by atoms with Gasteiger partial charge < -0.3 is 19.7 Å². The van der Waals surface area contributed by atoms with Crippen LogP contribution in [0.1, 0.15) is 92.9 Å². The van der Waals surface area contributed by atoms with Crippen LogP contribution in [0.3, 0.4) is 0 Å². The van der Waals surface area contributed by atoms with Crippen molar-refractivity contribution in [3.63, 3.8) is 0 Å². The van der Waals surface area contributed by atoms with Gasteiger partial charge in [-0.05, 0) is 79.1 Å². The smallest absolute Gasteiger partial charge is 0.309 e. The second kappa shape index (κ2) is 8.97. The predicted octanol–water partition coefficient (Wildman–Crippen LogP) is 4.87. The largest absolute Gasteiger partial charge is 0.461 e. The molecule has 6 nitrogen and oxygen atoms in total. The summed E-state index contributed by atoms with van der Waals surface area (Å²) in [6, 6.07) is 0. The molecule has 6 rings (SSSR count). The summed E-state index contributed by atoms with van der Waals surface area (Å²) in [6.07, 6.45) is 7.42. The molecule has 0 radical (unpaired) electrons. The number of rotatable bonds is 0. The van der Waals surface area contributed by atoms with Gasteiger partial charge in [-0.1, -0.05) is 36.1 Å². The molecule has 6 heteroatoms. The molecule has 4 aliphatic carbocycles. The fourth-order valence-electron chi connectivity index (χ4n) is 8.33. The van der Waals surface area contributed by atoms with Crippen molar-refractivity contribution in [2.24, 2.45) is 35.5 Å². The number of hydrogen-bond donors (Lipinski definition) is 2. The molecule has 4 fully saturated rings. The summed E-state index contributed by atoms with van der Waals surface area (Å²) in [5.41, 5.74) is 4.11. The first kappa shape index (κ1) is 26.0. The second-order valence-electron chi connectivity index (χ2n) is 13.1. The number of aliphatic hydroxyl groups is 2. The molecule has 0 amide bonds. The lowest BCUT2D eigenvalue weighted by Gasteiger charge is -2.32. The number of ether oxygens (including phenoxy) is 2. The Kier molecular flexibility index (Phi) is 6.47. The van der Waals surface area contributed by atoms with E-state index in [1.165, 1.54) is 22.3 Å². The third-order valence-electron chi connectivity index (χ3n) is 10.7. The lowest BCUT2D eigenvalue weighted by atomic mass is 9.78. The molecular weight excluding hydrogens is 456 g/mol. The van der Waals surface area contributed by atoms with Crippen LogP contribution in [0.5, 0.6) is 0 Å². The van der Waals surface area contributed by atoms with Crippen LogP contribution in [-0.4, -0.2) is 45.6 Å². The van der Waals surface area contributed by atoms with E-state index in [9.17, 15) is 19.8 Å². The topological polar surface area (TPSA) is 93.1 Å². The van der Waals surface area contributed by atoms with E-state index in [0.717, 1.165) is 51.4 Å². The molecule has 0 spiro atoms. The first-order valence-corrected chi connectivity index (χ1v) is 14.1. The van der Waals surface area contributed by atoms with Crippen LogP contribution in [0.4, 0.5) is 0 Å². The zero-order valence-electron chi connectivity index (χ0n) is 22.8. The minimum absolute atomic E-state index is 0.0152. The Bertz CT molecular complexity index is 923. The highest BCUT2D eigenvalue weighted by atomic mass is 16.6. The molecule has 0 aromatic carbocycles. The van der Waals surface area contributed by atoms with Gasteiger partial charge in [0.15, 0.2) is 0 Å². The zero-order chi connectivity index (χ0) is 26.2. The van der Waals surface area contributed by atoms with Crippen LogP contribution in [0.25, 0.3) is 0 Å². The van der Waals surface area contributed by atoms with Crippen molar-refractivity contribution in [1.82, 2.24) is 0 Å². The van der Waals surface area contributed by atoms with Crippen molar-refractivity contribution >= 4 is 11.9 Å². The van der Waals surface area contributed by atoms with E-state index in [2.05, 4.69) is 13.8 Å². The molecule has 2 saturated carbocycles. The van der Waals surface area contributed by atoms with Crippen molar-refractivity contribution in [2.75, 3.05) is 0 Å². The minimum atomic E-state index is -0.714. The summed E-state index contributed by atoms with van der Waals surface area (Å²) in [5.74, 6) is 0.423. The Morgan fingerprint density at radius 1 is 0.694 bits per heavy atom. The number of hydrogen-bond acceptors (Lipinski definition) is 6. The van der Waals surface area contributed by atoms with Gasteiger partial charge in [-0.25, -0.2) is 0 Å². The molecule has 2 aliphatic heterocycles. The van der Waals surface area contributed by atoms with Gasteiger partial charge >= 0.3 is 11.9 Å². The third kappa shape index (κ3) is 4.07. The highest BCUT2D eigenvalue weighted by Crippen LogP contribution is 2.53. The lowest BCUT2D eigenvalue weighted by Crippen LogP contribution is -2.40. The lowest BCUT2D eigenvalue weighted by molar-refractivity contribution is -0.148. The standard InChI is InChI=1S/2C15H22O3/c2*1-8-4-5-11-9(2)14(16)18-13(11)12-10(8)6-7-15(12,3)17/h2*9,11-13,17H,4-7H2,1-3H3/t2*9-,11-,12-,13-,15+/m00/s1. The molecule has 2 N–H and O–H groups in total. The van der Waals surface area contributed by atoms with Crippen molar-refractivity contribution in [1.29, 1.82) is 0 Å². The van der Waals surface area contributed by atoms with Crippen LogP contribution in [0.15, 0.2) is 22.3 Å². The van der Waals surface area contributed by atoms with Crippen LogP contribution in [0.2, 0.25) is 0 Å². The fourth-order valence-corrected chi connectivity index (χ4v) is 8.33. The van der Waals surface area contributed by atoms with Gasteiger partial charge in [0, 0.05) is 23.7 Å². The molecule has 2 heterocycles. The van der Waals surface area contributed by atoms with Crippen molar-refractivity contribution in [3.05, 3.63) is 22.3 Å². The molecule has 10 atom stereocenters. The van der Waals surface area contributed by atoms with E-state index in [-0.39, 0.29) is 59.7 Å². The minimum Gasteiger partial charge on any atom is -0.461 e. The highest BCUT2D eigenvalue weighted by Gasteiger charge is 2.56. The molecule has 6 aliphatic rings. The van der Waals surface area contributed by atoms with Gasteiger partial charge in [-0.15, -0.1) is 0 Å². The van der Waals surface area contributed by atoms with E-state index in [0.29, 0.717) is 0 Å². The normalized spacial score (nSPS) is 47.7. The Balaban J connectivity index is 0.000000148. The molecule has 0 bridgehead atoms. The number of fused-ring (bicyclic) bond motifs is 6. The summed E-state index contributed by atoms with van der Waals surface area (Å²) in [4.78, 5) is 23.6. The summed E-state index contributed by atoms with van der Waals surface area (Å²) < 4.78 is 11.2. The molecule has 0 aromatic rings. The molecule has 0 aromatic heterocycles.